The summed E-state index contributed by atoms with van der Waals surface area (Å²) in [4.78, 5) is 0. The minimum Gasteiger partial charge on any atom is -0.393 e. The zero-order valence-corrected chi connectivity index (χ0v) is 11.1. The predicted octanol–water partition coefficient (Wildman–Crippen LogP) is 3.86. The summed E-state index contributed by atoms with van der Waals surface area (Å²) in [5.74, 6) is 2.28. The van der Waals surface area contributed by atoms with Crippen LogP contribution < -0.4 is 0 Å². The fourth-order valence-corrected chi connectivity index (χ4v) is 3.39. The van der Waals surface area contributed by atoms with Crippen molar-refractivity contribution < 1.29 is 5.11 Å². The van der Waals surface area contributed by atoms with Gasteiger partial charge in [-0.15, -0.1) is 0 Å². The van der Waals surface area contributed by atoms with Gasteiger partial charge in [0, 0.05) is 0 Å². The molecule has 15 heavy (non-hydrogen) atoms. The van der Waals surface area contributed by atoms with Gasteiger partial charge in [0.25, 0.3) is 0 Å². The molecule has 0 aromatic rings. The zero-order chi connectivity index (χ0) is 11.6. The van der Waals surface area contributed by atoms with Crippen molar-refractivity contribution in [2.24, 2.45) is 23.2 Å². The molecule has 90 valence electrons. The largest absolute Gasteiger partial charge is 0.393 e. The van der Waals surface area contributed by atoms with E-state index in [0.717, 1.165) is 24.7 Å². The molecule has 0 bridgehead atoms. The zero-order valence-electron chi connectivity index (χ0n) is 11.1. The molecule has 0 heterocycles. The Morgan fingerprint density at radius 1 is 1.33 bits per heavy atom. The molecule has 0 aromatic heterocycles. The van der Waals surface area contributed by atoms with E-state index < -0.39 is 0 Å². The van der Waals surface area contributed by atoms with Crippen molar-refractivity contribution in [1.29, 1.82) is 0 Å². The highest BCUT2D eigenvalue weighted by Crippen LogP contribution is 2.46. The monoisotopic (exact) mass is 212 g/mol. The predicted molar refractivity (Wildman–Crippen MR) is 65.7 cm³/mol. The van der Waals surface area contributed by atoms with E-state index in [1.54, 1.807) is 0 Å². The molecule has 1 aliphatic carbocycles. The topological polar surface area (TPSA) is 20.2 Å². The summed E-state index contributed by atoms with van der Waals surface area (Å²) in [6.45, 7) is 11.6. The van der Waals surface area contributed by atoms with E-state index in [0.29, 0.717) is 11.3 Å². The van der Waals surface area contributed by atoms with Crippen LogP contribution in [0.4, 0.5) is 0 Å². The molecule has 2 unspecified atom stereocenters. The Kier molecular flexibility index (Phi) is 4.22. The van der Waals surface area contributed by atoms with E-state index in [9.17, 15) is 5.11 Å². The molecule has 1 saturated carbocycles. The van der Waals surface area contributed by atoms with Crippen LogP contribution in [0.2, 0.25) is 0 Å². The summed E-state index contributed by atoms with van der Waals surface area (Å²) in [5.41, 5.74) is 0.325. The van der Waals surface area contributed by atoms with Crippen LogP contribution in [-0.4, -0.2) is 11.2 Å². The molecule has 0 radical (unpaired) electrons. The average molecular weight is 212 g/mol. The molecule has 1 aliphatic rings. The van der Waals surface area contributed by atoms with Crippen molar-refractivity contribution >= 4 is 0 Å². The lowest BCUT2D eigenvalue weighted by molar-refractivity contribution is -0.0171. The van der Waals surface area contributed by atoms with Crippen molar-refractivity contribution in [1.82, 2.24) is 0 Å². The highest BCUT2D eigenvalue weighted by Gasteiger charge is 2.39. The van der Waals surface area contributed by atoms with Crippen LogP contribution in [0, 0.1) is 23.2 Å². The lowest BCUT2D eigenvalue weighted by Gasteiger charge is -2.45. The Bertz CT molecular complexity index is 196. The number of hydrogen-bond acceptors (Lipinski definition) is 1. The first kappa shape index (κ1) is 13.0. The molecule has 0 spiro atoms. The highest BCUT2D eigenvalue weighted by molar-refractivity contribution is 4.90. The average Bonchev–Trinajstić information content (AvgIpc) is 1.98. The normalized spacial score (nSPS) is 35.8. The Morgan fingerprint density at radius 3 is 2.40 bits per heavy atom. The third-order valence-electron chi connectivity index (χ3n) is 4.15. The van der Waals surface area contributed by atoms with Gasteiger partial charge in [0.15, 0.2) is 0 Å². The minimum atomic E-state index is -0.0645. The Balaban J connectivity index is 2.59. The second-order valence-electron chi connectivity index (χ2n) is 6.64. The molecule has 1 fully saturated rings. The summed E-state index contributed by atoms with van der Waals surface area (Å²) in [5, 5.41) is 9.81. The molecule has 3 atom stereocenters. The molecule has 1 rings (SSSR count). The molecule has 1 nitrogen and oxygen atoms in total. The molecular formula is C14H28O. The van der Waals surface area contributed by atoms with Crippen molar-refractivity contribution in [2.45, 2.75) is 66.4 Å². The third-order valence-corrected chi connectivity index (χ3v) is 4.15. The van der Waals surface area contributed by atoms with E-state index in [1.807, 2.05) is 0 Å². The van der Waals surface area contributed by atoms with Gasteiger partial charge in [0.2, 0.25) is 0 Å². The van der Waals surface area contributed by atoms with E-state index >= 15 is 0 Å². The fourth-order valence-electron chi connectivity index (χ4n) is 3.39. The van der Waals surface area contributed by atoms with Crippen molar-refractivity contribution in [2.75, 3.05) is 0 Å². The maximum absolute atomic E-state index is 9.81. The maximum atomic E-state index is 9.81. The Morgan fingerprint density at radius 2 is 1.93 bits per heavy atom. The summed E-state index contributed by atoms with van der Waals surface area (Å²) < 4.78 is 0. The second-order valence-corrected chi connectivity index (χ2v) is 6.64. The van der Waals surface area contributed by atoms with E-state index in [4.69, 9.17) is 0 Å². The highest BCUT2D eigenvalue weighted by atomic mass is 16.3. The van der Waals surface area contributed by atoms with E-state index in [2.05, 4.69) is 34.6 Å². The summed E-state index contributed by atoms with van der Waals surface area (Å²) in [7, 11) is 0. The Labute approximate surface area is 95.3 Å². The minimum absolute atomic E-state index is 0.0645. The molecule has 1 N–H and O–H groups in total. The molecule has 0 aromatic carbocycles. The summed E-state index contributed by atoms with van der Waals surface area (Å²) in [6, 6.07) is 0. The second kappa shape index (κ2) is 4.86. The van der Waals surface area contributed by atoms with Gasteiger partial charge in [-0.1, -0.05) is 41.0 Å². The van der Waals surface area contributed by atoms with Gasteiger partial charge < -0.3 is 5.11 Å². The Hall–Kier alpha value is -0.0400. The van der Waals surface area contributed by atoms with Gasteiger partial charge in [-0.2, -0.15) is 0 Å². The number of hydrogen-bond donors (Lipinski definition) is 1. The van der Waals surface area contributed by atoms with Crippen LogP contribution in [0.5, 0.6) is 0 Å². The van der Waals surface area contributed by atoms with Crippen LogP contribution >= 0.6 is 0 Å². The molecule has 0 aliphatic heterocycles. The van der Waals surface area contributed by atoms with Crippen molar-refractivity contribution in [3.63, 3.8) is 0 Å². The van der Waals surface area contributed by atoms with Crippen LogP contribution in [-0.2, 0) is 0 Å². The lowest BCUT2D eigenvalue weighted by atomic mass is 9.61. The first-order chi connectivity index (χ1) is 6.83. The molecular weight excluding hydrogens is 184 g/mol. The summed E-state index contributed by atoms with van der Waals surface area (Å²) in [6.07, 6.45) is 4.59. The van der Waals surface area contributed by atoms with Crippen LogP contribution in [0.3, 0.4) is 0 Å². The first-order valence-electron chi connectivity index (χ1n) is 6.51. The summed E-state index contributed by atoms with van der Waals surface area (Å²) >= 11 is 0. The molecule has 0 amide bonds. The van der Waals surface area contributed by atoms with Gasteiger partial charge in [0.05, 0.1) is 6.10 Å². The van der Waals surface area contributed by atoms with Crippen LogP contribution in [0.1, 0.15) is 60.3 Å². The van der Waals surface area contributed by atoms with Gasteiger partial charge in [-0.3, -0.25) is 0 Å². The van der Waals surface area contributed by atoms with E-state index in [1.165, 1.54) is 12.8 Å². The number of aliphatic hydroxyl groups excluding tert-OH is 1. The first-order valence-corrected chi connectivity index (χ1v) is 6.51. The lowest BCUT2D eigenvalue weighted by Crippen LogP contribution is -2.39. The van der Waals surface area contributed by atoms with Crippen molar-refractivity contribution in [3.05, 3.63) is 0 Å². The van der Waals surface area contributed by atoms with Crippen LogP contribution in [0.25, 0.3) is 0 Å². The smallest absolute Gasteiger partial charge is 0.0548 e. The number of rotatable bonds is 3. The van der Waals surface area contributed by atoms with Gasteiger partial charge in [0.1, 0.15) is 0 Å². The standard InChI is InChI=1S/C14H28O/c1-10(2)6-7-13-11(3)8-12(15)9-14(13,4)5/h10-13,15H,6-9H2,1-5H3/t11?,12-,13?/m1/s1. The van der Waals surface area contributed by atoms with Gasteiger partial charge in [-0.05, 0) is 42.4 Å². The SMILES string of the molecule is CC(C)CCC1C(C)C[C@@H](O)CC1(C)C. The quantitative estimate of drug-likeness (QED) is 0.753. The third kappa shape index (κ3) is 3.48. The fraction of sp³-hybridized carbons (Fsp3) is 1.00. The van der Waals surface area contributed by atoms with Gasteiger partial charge in [-0.25, -0.2) is 0 Å². The van der Waals surface area contributed by atoms with Gasteiger partial charge >= 0.3 is 0 Å². The number of aliphatic hydroxyl groups is 1. The maximum Gasteiger partial charge on any atom is 0.0548 e. The van der Waals surface area contributed by atoms with Crippen LogP contribution in [0.15, 0.2) is 0 Å². The molecule has 1 heteroatoms. The van der Waals surface area contributed by atoms with E-state index in [-0.39, 0.29) is 6.10 Å². The molecule has 0 saturated heterocycles. The van der Waals surface area contributed by atoms with Crippen molar-refractivity contribution in [3.8, 4) is 0 Å².